The zero-order valence-corrected chi connectivity index (χ0v) is 11.1. The van der Waals surface area contributed by atoms with Gasteiger partial charge in [-0.25, -0.2) is 9.97 Å². The average Bonchev–Trinajstić information content (AvgIpc) is 2.35. The lowest BCUT2D eigenvalue weighted by Crippen LogP contribution is -2.10. The molecule has 4 heteroatoms. The van der Waals surface area contributed by atoms with Gasteiger partial charge in [0.1, 0.15) is 12.1 Å². The molecule has 0 fully saturated rings. The minimum Gasteiger partial charge on any atom is -0.477 e. The van der Waals surface area contributed by atoms with Crippen LogP contribution < -0.4 is 10.1 Å². The van der Waals surface area contributed by atoms with Crippen LogP contribution in [0.5, 0.6) is 5.88 Å². The summed E-state index contributed by atoms with van der Waals surface area (Å²) in [5.74, 6) is 2.06. The number of hydrogen-bond acceptors (Lipinski definition) is 4. The molecule has 0 spiro atoms. The molecule has 1 aromatic rings. The van der Waals surface area contributed by atoms with Crippen molar-refractivity contribution in [3.8, 4) is 5.88 Å². The van der Waals surface area contributed by atoms with Crippen LogP contribution in [0, 0.1) is 5.92 Å². The third-order valence-corrected chi connectivity index (χ3v) is 2.50. The summed E-state index contributed by atoms with van der Waals surface area (Å²) < 4.78 is 5.65. The standard InChI is InChI=1S/C13H23N3O/c1-4-6-11(3)9-17-13-8-12(14-7-5-2)15-10-16-13/h8,10-11H,4-7,9H2,1-3H3,(H,14,15,16). The van der Waals surface area contributed by atoms with Gasteiger partial charge in [-0.05, 0) is 18.8 Å². The largest absolute Gasteiger partial charge is 0.477 e. The number of anilines is 1. The second-order valence-corrected chi connectivity index (χ2v) is 4.37. The Kier molecular flexibility index (Phi) is 6.37. The van der Waals surface area contributed by atoms with Crippen molar-refractivity contribution >= 4 is 5.82 Å². The van der Waals surface area contributed by atoms with Gasteiger partial charge in [0.2, 0.25) is 5.88 Å². The summed E-state index contributed by atoms with van der Waals surface area (Å²) in [5, 5.41) is 3.22. The van der Waals surface area contributed by atoms with Crippen LogP contribution in [0.1, 0.15) is 40.0 Å². The van der Waals surface area contributed by atoms with E-state index in [0.717, 1.165) is 25.4 Å². The summed E-state index contributed by atoms with van der Waals surface area (Å²) >= 11 is 0. The van der Waals surface area contributed by atoms with E-state index in [2.05, 4.69) is 36.1 Å². The number of aromatic nitrogens is 2. The van der Waals surface area contributed by atoms with Crippen molar-refractivity contribution in [1.29, 1.82) is 0 Å². The fraction of sp³-hybridized carbons (Fsp3) is 0.692. The molecule has 0 aromatic carbocycles. The van der Waals surface area contributed by atoms with Gasteiger partial charge >= 0.3 is 0 Å². The van der Waals surface area contributed by atoms with Crippen molar-refractivity contribution in [2.75, 3.05) is 18.5 Å². The van der Waals surface area contributed by atoms with Crippen LogP contribution in [0.4, 0.5) is 5.82 Å². The highest BCUT2D eigenvalue weighted by molar-refractivity contribution is 5.36. The Bertz CT molecular complexity index is 317. The normalized spacial score (nSPS) is 12.2. The maximum atomic E-state index is 5.65. The fourth-order valence-corrected chi connectivity index (χ4v) is 1.57. The third kappa shape index (κ3) is 5.52. The lowest BCUT2D eigenvalue weighted by atomic mass is 10.1. The van der Waals surface area contributed by atoms with Crippen LogP contribution in [0.15, 0.2) is 12.4 Å². The molecular formula is C13H23N3O. The molecule has 1 unspecified atom stereocenters. The summed E-state index contributed by atoms with van der Waals surface area (Å²) in [6, 6.07) is 1.86. The molecule has 0 amide bonds. The first-order valence-electron chi connectivity index (χ1n) is 6.45. The van der Waals surface area contributed by atoms with Gasteiger partial charge in [-0.2, -0.15) is 0 Å². The predicted molar refractivity (Wildman–Crippen MR) is 70.4 cm³/mol. The van der Waals surface area contributed by atoms with E-state index in [9.17, 15) is 0 Å². The SMILES string of the molecule is CCCNc1cc(OCC(C)CCC)ncn1. The van der Waals surface area contributed by atoms with Gasteiger partial charge in [0.05, 0.1) is 6.61 Å². The molecule has 0 saturated carbocycles. The predicted octanol–water partition coefficient (Wildman–Crippen LogP) is 3.11. The molecule has 1 rings (SSSR count). The number of rotatable bonds is 8. The Morgan fingerprint density at radius 3 is 2.82 bits per heavy atom. The Morgan fingerprint density at radius 2 is 2.12 bits per heavy atom. The van der Waals surface area contributed by atoms with Crippen LogP contribution in [0.25, 0.3) is 0 Å². The average molecular weight is 237 g/mol. The molecule has 0 aliphatic rings. The van der Waals surface area contributed by atoms with Crippen LogP contribution in [0.3, 0.4) is 0 Å². The van der Waals surface area contributed by atoms with E-state index in [1.807, 2.05) is 6.07 Å². The van der Waals surface area contributed by atoms with E-state index in [4.69, 9.17) is 4.74 Å². The van der Waals surface area contributed by atoms with E-state index < -0.39 is 0 Å². The van der Waals surface area contributed by atoms with Gasteiger partial charge in [-0.3, -0.25) is 0 Å². The van der Waals surface area contributed by atoms with Gasteiger partial charge in [-0.15, -0.1) is 0 Å². The number of nitrogens with zero attached hydrogens (tertiary/aromatic N) is 2. The van der Waals surface area contributed by atoms with Crippen molar-refractivity contribution in [3.05, 3.63) is 12.4 Å². The summed E-state index contributed by atoms with van der Waals surface area (Å²) in [4.78, 5) is 8.24. The number of ether oxygens (including phenoxy) is 1. The summed E-state index contributed by atoms with van der Waals surface area (Å²) in [6.07, 6.45) is 5.00. The molecule has 1 aromatic heterocycles. The molecule has 4 nitrogen and oxygen atoms in total. The van der Waals surface area contributed by atoms with Crippen LogP contribution in [-0.4, -0.2) is 23.1 Å². The van der Waals surface area contributed by atoms with Crippen molar-refractivity contribution in [1.82, 2.24) is 9.97 Å². The van der Waals surface area contributed by atoms with E-state index in [1.165, 1.54) is 19.2 Å². The monoisotopic (exact) mass is 237 g/mol. The minimum absolute atomic E-state index is 0.571. The second-order valence-electron chi connectivity index (χ2n) is 4.37. The smallest absolute Gasteiger partial charge is 0.218 e. The lowest BCUT2D eigenvalue weighted by Gasteiger charge is -2.11. The second kappa shape index (κ2) is 7.87. The van der Waals surface area contributed by atoms with E-state index >= 15 is 0 Å². The van der Waals surface area contributed by atoms with Crippen molar-refractivity contribution < 1.29 is 4.74 Å². The molecule has 96 valence electrons. The van der Waals surface area contributed by atoms with Crippen molar-refractivity contribution in [3.63, 3.8) is 0 Å². The Hall–Kier alpha value is -1.32. The fourth-order valence-electron chi connectivity index (χ4n) is 1.57. The molecule has 0 radical (unpaired) electrons. The molecule has 17 heavy (non-hydrogen) atoms. The molecule has 1 N–H and O–H groups in total. The van der Waals surface area contributed by atoms with Crippen LogP contribution >= 0.6 is 0 Å². The highest BCUT2D eigenvalue weighted by Crippen LogP contribution is 2.13. The van der Waals surface area contributed by atoms with Crippen LogP contribution in [0.2, 0.25) is 0 Å². The lowest BCUT2D eigenvalue weighted by molar-refractivity contribution is 0.243. The summed E-state index contributed by atoms with van der Waals surface area (Å²) in [5.41, 5.74) is 0. The first kappa shape index (κ1) is 13.7. The van der Waals surface area contributed by atoms with E-state index in [1.54, 1.807) is 0 Å². The first-order valence-corrected chi connectivity index (χ1v) is 6.45. The van der Waals surface area contributed by atoms with Gasteiger partial charge in [0.25, 0.3) is 0 Å². The minimum atomic E-state index is 0.571. The van der Waals surface area contributed by atoms with Crippen molar-refractivity contribution in [2.24, 2.45) is 5.92 Å². The zero-order valence-electron chi connectivity index (χ0n) is 11.1. The molecule has 0 aliphatic heterocycles. The highest BCUT2D eigenvalue weighted by atomic mass is 16.5. The maximum absolute atomic E-state index is 5.65. The topological polar surface area (TPSA) is 47.0 Å². The third-order valence-electron chi connectivity index (χ3n) is 2.50. The van der Waals surface area contributed by atoms with Gasteiger partial charge in [0.15, 0.2) is 0 Å². The number of hydrogen-bond donors (Lipinski definition) is 1. The Morgan fingerprint density at radius 1 is 1.29 bits per heavy atom. The zero-order chi connectivity index (χ0) is 12.5. The number of nitrogens with one attached hydrogen (secondary N) is 1. The molecular weight excluding hydrogens is 214 g/mol. The van der Waals surface area contributed by atoms with Gasteiger partial charge in [0, 0.05) is 12.6 Å². The molecule has 1 atom stereocenters. The maximum Gasteiger partial charge on any atom is 0.218 e. The van der Waals surface area contributed by atoms with E-state index in [-0.39, 0.29) is 0 Å². The molecule has 0 aliphatic carbocycles. The molecule has 1 heterocycles. The molecule has 0 bridgehead atoms. The Labute approximate surface area is 104 Å². The quantitative estimate of drug-likeness (QED) is 0.754. The van der Waals surface area contributed by atoms with E-state index in [0.29, 0.717) is 11.8 Å². The summed E-state index contributed by atoms with van der Waals surface area (Å²) in [7, 11) is 0. The van der Waals surface area contributed by atoms with Crippen molar-refractivity contribution in [2.45, 2.75) is 40.0 Å². The van der Waals surface area contributed by atoms with Crippen LogP contribution in [-0.2, 0) is 0 Å². The molecule has 0 saturated heterocycles. The Balaban J connectivity index is 2.42. The highest BCUT2D eigenvalue weighted by Gasteiger charge is 2.03. The van der Waals surface area contributed by atoms with Gasteiger partial charge in [-0.1, -0.05) is 27.2 Å². The van der Waals surface area contributed by atoms with Gasteiger partial charge < -0.3 is 10.1 Å². The first-order chi connectivity index (χ1) is 8.26. The summed E-state index contributed by atoms with van der Waals surface area (Å²) in [6.45, 7) is 8.15.